The fraction of sp³-hybridized carbons (Fsp3) is 0.526. The molecule has 8 heteroatoms. The van der Waals surface area contributed by atoms with Crippen molar-refractivity contribution in [2.24, 2.45) is 0 Å². The number of urea groups is 1. The van der Waals surface area contributed by atoms with Crippen molar-refractivity contribution in [3.63, 3.8) is 0 Å². The molecule has 2 saturated heterocycles. The van der Waals surface area contributed by atoms with Crippen LogP contribution in [0.15, 0.2) is 30.5 Å². The third-order valence-electron chi connectivity index (χ3n) is 5.52. The second-order valence-electron chi connectivity index (χ2n) is 7.33. The number of ether oxygens (including phenoxy) is 1. The number of nitrogens with one attached hydrogen (secondary N) is 1. The number of carbonyl (C=O) groups excluding carboxylic acids is 1. The molecule has 2 unspecified atom stereocenters. The molecule has 4 rings (SSSR count). The standard InChI is InChI=1S/C19H24FN5O2/c1-27-12-15-11-24(23-22-15)18-8-16-6-7-17(9-18)25(16)19(26)21-10-13-2-4-14(20)5-3-13/h2-5,11,16-18H,6-10,12H2,1H3,(H,21,26). The Morgan fingerprint density at radius 2 is 1.93 bits per heavy atom. The summed E-state index contributed by atoms with van der Waals surface area (Å²) in [7, 11) is 1.64. The monoisotopic (exact) mass is 373 g/mol. The zero-order chi connectivity index (χ0) is 18.8. The first-order chi connectivity index (χ1) is 13.1. The fourth-order valence-corrected chi connectivity index (χ4v) is 4.27. The summed E-state index contributed by atoms with van der Waals surface area (Å²) in [6, 6.07) is 6.87. The quantitative estimate of drug-likeness (QED) is 0.875. The van der Waals surface area contributed by atoms with Crippen molar-refractivity contribution >= 4 is 6.03 Å². The van der Waals surface area contributed by atoms with Crippen LogP contribution in [0.3, 0.4) is 0 Å². The van der Waals surface area contributed by atoms with Crippen LogP contribution in [0.5, 0.6) is 0 Å². The van der Waals surface area contributed by atoms with Crippen LogP contribution in [0.4, 0.5) is 9.18 Å². The number of methoxy groups -OCH3 is 1. The first-order valence-corrected chi connectivity index (χ1v) is 9.34. The molecule has 2 amide bonds. The SMILES string of the molecule is COCc1cn(C2CC3CCC(C2)N3C(=O)NCc2ccc(F)cc2)nn1. The average Bonchev–Trinajstić information content (AvgIpc) is 3.24. The molecule has 2 aliphatic heterocycles. The Morgan fingerprint density at radius 1 is 1.22 bits per heavy atom. The molecular weight excluding hydrogens is 349 g/mol. The largest absolute Gasteiger partial charge is 0.378 e. The molecular formula is C19H24FN5O2. The Hall–Kier alpha value is -2.48. The lowest BCUT2D eigenvalue weighted by molar-refractivity contribution is 0.119. The van der Waals surface area contributed by atoms with Crippen LogP contribution in [-0.4, -0.2) is 45.1 Å². The smallest absolute Gasteiger partial charge is 0.318 e. The number of fused-ring (bicyclic) bond motifs is 2. The summed E-state index contributed by atoms with van der Waals surface area (Å²) in [5, 5.41) is 11.4. The molecule has 144 valence electrons. The number of nitrogens with zero attached hydrogens (tertiary/aromatic N) is 4. The molecule has 27 heavy (non-hydrogen) atoms. The number of hydrogen-bond donors (Lipinski definition) is 1. The van der Waals surface area contributed by atoms with Crippen molar-refractivity contribution in [3.8, 4) is 0 Å². The number of halogens is 1. The predicted octanol–water partition coefficient (Wildman–Crippen LogP) is 2.64. The molecule has 3 heterocycles. The van der Waals surface area contributed by atoms with Gasteiger partial charge in [0.1, 0.15) is 11.5 Å². The summed E-state index contributed by atoms with van der Waals surface area (Å²) < 4.78 is 20.0. The van der Waals surface area contributed by atoms with Crippen molar-refractivity contribution in [1.82, 2.24) is 25.2 Å². The highest BCUT2D eigenvalue weighted by molar-refractivity contribution is 5.75. The van der Waals surface area contributed by atoms with E-state index in [1.165, 1.54) is 12.1 Å². The third kappa shape index (κ3) is 3.80. The summed E-state index contributed by atoms with van der Waals surface area (Å²) in [5.41, 5.74) is 1.71. The predicted molar refractivity (Wildman–Crippen MR) is 96.3 cm³/mol. The molecule has 7 nitrogen and oxygen atoms in total. The molecule has 2 bridgehead atoms. The van der Waals surface area contributed by atoms with Gasteiger partial charge < -0.3 is 15.0 Å². The van der Waals surface area contributed by atoms with Gasteiger partial charge in [-0.15, -0.1) is 5.10 Å². The van der Waals surface area contributed by atoms with E-state index >= 15 is 0 Å². The minimum Gasteiger partial charge on any atom is -0.378 e. The second kappa shape index (κ2) is 7.64. The van der Waals surface area contributed by atoms with Gasteiger partial charge in [0, 0.05) is 25.7 Å². The zero-order valence-electron chi connectivity index (χ0n) is 15.3. The van der Waals surface area contributed by atoms with E-state index in [9.17, 15) is 9.18 Å². The van der Waals surface area contributed by atoms with E-state index in [-0.39, 0.29) is 30.0 Å². The lowest BCUT2D eigenvalue weighted by Crippen LogP contribution is -2.50. The number of benzene rings is 1. The van der Waals surface area contributed by atoms with Gasteiger partial charge in [-0.3, -0.25) is 0 Å². The van der Waals surface area contributed by atoms with Crippen LogP contribution >= 0.6 is 0 Å². The van der Waals surface area contributed by atoms with Crippen LogP contribution in [0.1, 0.15) is 43.0 Å². The van der Waals surface area contributed by atoms with Gasteiger partial charge in [0.2, 0.25) is 0 Å². The van der Waals surface area contributed by atoms with Gasteiger partial charge >= 0.3 is 6.03 Å². The Balaban J connectivity index is 1.36. The van der Waals surface area contributed by atoms with Crippen LogP contribution in [-0.2, 0) is 17.9 Å². The van der Waals surface area contributed by atoms with Crippen LogP contribution in [0.2, 0.25) is 0 Å². The van der Waals surface area contributed by atoms with E-state index in [4.69, 9.17) is 4.74 Å². The number of carbonyl (C=O) groups is 1. The van der Waals surface area contributed by atoms with E-state index in [0.29, 0.717) is 13.2 Å². The van der Waals surface area contributed by atoms with E-state index in [0.717, 1.165) is 36.9 Å². The maximum absolute atomic E-state index is 13.0. The lowest BCUT2D eigenvalue weighted by Gasteiger charge is -2.38. The molecule has 2 atom stereocenters. The molecule has 2 aromatic rings. The van der Waals surface area contributed by atoms with E-state index in [2.05, 4.69) is 15.6 Å². The number of hydrogen-bond acceptors (Lipinski definition) is 4. The van der Waals surface area contributed by atoms with Crippen molar-refractivity contribution in [2.75, 3.05) is 7.11 Å². The highest BCUT2D eigenvalue weighted by Gasteiger charge is 2.44. The normalized spacial score (nSPS) is 24.2. The minimum atomic E-state index is -0.271. The molecule has 2 fully saturated rings. The summed E-state index contributed by atoms with van der Waals surface area (Å²) >= 11 is 0. The van der Waals surface area contributed by atoms with Gasteiger partial charge in [-0.25, -0.2) is 13.9 Å². The third-order valence-corrected chi connectivity index (χ3v) is 5.52. The number of aromatic nitrogens is 3. The number of amides is 2. The van der Waals surface area contributed by atoms with Gasteiger partial charge in [-0.1, -0.05) is 17.3 Å². The maximum atomic E-state index is 13.0. The Bertz CT molecular complexity index is 780. The Kier molecular flexibility index (Phi) is 5.07. The molecule has 2 aliphatic rings. The molecule has 0 spiro atoms. The first kappa shape index (κ1) is 17.9. The minimum absolute atomic E-state index is 0.0380. The van der Waals surface area contributed by atoms with Gasteiger partial charge in [-0.05, 0) is 43.4 Å². The van der Waals surface area contributed by atoms with Crippen molar-refractivity contribution in [1.29, 1.82) is 0 Å². The van der Waals surface area contributed by atoms with Crippen molar-refractivity contribution in [3.05, 3.63) is 47.5 Å². The lowest BCUT2D eigenvalue weighted by atomic mass is 9.98. The first-order valence-electron chi connectivity index (χ1n) is 9.34. The summed E-state index contributed by atoms with van der Waals surface area (Å²) in [5.74, 6) is -0.271. The van der Waals surface area contributed by atoms with Gasteiger partial charge in [0.05, 0.1) is 18.8 Å². The molecule has 1 N–H and O–H groups in total. The molecule has 1 aromatic carbocycles. The van der Waals surface area contributed by atoms with Crippen LogP contribution in [0.25, 0.3) is 0 Å². The van der Waals surface area contributed by atoms with Crippen molar-refractivity contribution in [2.45, 2.75) is 57.0 Å². The fourth-order valence-electron chi connectivity index (χ4n) is 4.27. The topological polar surface area (TPSA) is 72.3 Å². The van der Waals surface area contributed by atoms with E-state index < -0.39 is 0 Å². The van der Waals surface area contributed by atoms with Crippen LogP contribution in [0, 0.1) is 5.82 Å². The van der Waals surface area contributed by atoms with Crippen molar-refractivity contribution < 1.29 is 13.9 Å². The summed E-state index contributed by atoms with van der Waals surface area (Å²) in [6.45, 7) is 0.861. The summed E-state index contributed by atoms with van der Waals surface area (Å²) in [4.78, 5) is 14.7. The molecule has 0 radical (unpaired) electrons. The summed E-state index contributed by atoms with van der Waals surface area (Å²) in [6.07, 6.45) is 5.75. The number of rotatable bonds is 5. The van der Waals surface area contributed by atoms with E-state index in [1.807, 2.05) is 15.8 Å². The zero-order valence-corrected chi connectivity index (χ0v) is 15.3. The Labute approximate surface area is 157 Å². The second-order valence-corrected chi connectivity index (χ2v) is 7.33. The molecule has 0 saturated carbocycles. The number of piperidine rings is 1. The highest BCUT2D eigenvalue weighted by atomic mass is 19.1. The van der Waals surface area contributed by atoms with Gasteiger partial charge in [0.15, 0.2) is 0 Å². The Morgan fingerprint density at radius 3 is 2.59 bits per heavy atom. The van der Waals surface area contributed by atoms with Gasteiger partial charge in [0.25, 0.3) is 0 Å². The highest BCUT2D eigenvalue weighted by Crippen LogP contribution is 2.40. The van der Waals surface area contributed by atoms with Gasteiger partial charge in [-0.2, -0.15) is 0 Å². The molecule has 0 aliphatic carbocycles. The van der Waals surface area contributed by atoms with Crippen LogP contribution < -0.4 is 5.32 Å². The maximum Gasteiger partial charge on any atom is 0.318 e. The van der Waals surface area contributed by atoms with E-state index in [1.54, 1.807) is 19.2 Å². The molecule has 1 aromatic heterocycles. The average molecular weight is 373 g/mol.